The van der Waals surface area contributed by atoms with Gasteiger partial charge in [0.05, 0.1) is 7.11 Å². The molecule has 0 atom stereocenters. The standard InChI is InChI=1S/C15H24N2O2/c1-6-12-9-11(7-8-13(12)19-5)10-16-14(18)17-15(2,3)4/h7-9H,6,10H2,1-5H3,(H2,16,17,18). The first-order valence-corrected chi connectivity index (χ1v) is 6.57. The zero-order chi connectivity index (χ0) is 14.5. The number of carbonyl (C=O) groups excluding carboxylic acids is 1. The smallest absolute Gasteiger partial charge is 0.315 e. The van der Waals surface area contributed by atoms with E-state index in [0.717, 1.165) is 23.3 Å². The molecular weight excluding hydrogens is 240 g/mol. The molecule has 19 heavy (non-hydrogen) atoms. The molecule has 0 saturated carbocycles. The molecule has 106 valence electrons. The largest absolute Gasteiger partial charge is 0.496 e. The van der Waals surface area contributed by atoms with Crippen LogP contribution in [0, 0.1) is 0 Å². The number of methoxy groups -OCH3 is 1. The molecular formula is C15H24N2O2. The Labute approximate surface area is 115 Å². The van der Waals surface area contributed by atoms with Crippen molar-refractivity contribution in [2.24, 2.45) is 0 Å². The lowest BCUT2D eigenvalue weighted by molar-refractivity contribution is 0.231. The Hall–Kier alpha value is -1.71. The normalized spacial score (nSPS) is 11.0. The fourth-order valence-electron chi connectivity index (χ4n) is 1.79. The monoisotopic (exact) mass is 264 g/mol. The number of hydrogen-bond donors (Lipinski definition) is 2. The highest BCUT2D eigenvalue weighted by atomic mass is 16.5. The topological polar surface area (TPSA) is 50.4 Å². The minimum atomic E-state index is -0.224. The van der Waals surface area contributed by atoms with Crippen LogP contribution in [0.25, 0.3) is 0 Å². The molecule has 0 saturated heterocycles. The van der Waals surface area contributed by atoms with Gasteiger partial charge in [0.2, 0.25) is 0 Å². The van der Waals surface area contributed by atoms with E-state index in [9.17, 15) is 4.79 Å². The maximum atomic E-state index is 11.7. The van der Waals surface area contributed by atoms with Gasteiger partial charge in [-0.1, -0.05) is 19.1 Å². The molecule has 0 aliphatic rings. The number of hydrogen-bond acceptors (Lipinski definition) is 2. The van der Waals surface area contributed by atoms with Crippen molar-refractivity contribution in [1.82, 2.24) is 10.6 Å². The highest BCUT2D eigenvalue weighted by Crippen LogP contribution is 2.20. The second-order valence-corrected chi connectivity index (χ2v) is 5.56. The molecule has 1 aromatic carbocycles. The molecule has 4 nitrogen and oxygen atoms in total. The maximum Gasteiger partial charge on any atom is 0.315 e. The summed E-state index contributed by atoms with van der Waals surface area (Å²) >= 11 is 0. The Kier molecular flexibility index (Phi) is 5.21. The van der Waals surface area contributed by atoms with Gasteiger partial charge in [-0.25, -0.2) is 4.79 Å². The summed E-state index contributed by atoms with van der Waals surface area (Å²) < 4.78 is 5.28. The Balaban J connectivity index is 2.61. The van der Waals surface area contributed by atoms with Crippen molar-refractivity contribution < 1.29 is 9.53 Å². The van der Waals surface area contributed by atoms with E-state index >= 15 is 0 Å². The van der Waals surface area contributed by atoms with Gasteiger partial charge in [-0.2, -0.15) is 0 Å². The Morgan fingerprint density at radius 2 is 2.00 bits per heavy atom. The third-order valence-corrected chi connectivity index (χ3v) is 2.67. The minimum Gasteiger partial charge on any atom is -0.496 e. The van der Waals surface area contributed by atoms with Crippen LogP contribution in [0.5, 0.6) is 5.75 Å². The van der Waals surface area contributed by atoms with Crippen molar-refractivity contribution in [1.29, 1.82) is 0 Å². The van der Waals surface area contributed by atoms with Crippen LogP contribution >= 0.6 is 0 Å². The summed E-state index contributed by atoms with van der Waals surface area (Å²) in [6.07, 6.45) is 0.908. The molecule has 0 unspecified atom stereocenters. The summed E-state index contributed by atoms with van der Waals surface area (Å²) in [6.45, 7) is 8.46. The molecule has 4 heteroatoms. The van der Waals surface area contributed by atoms with E-state index in [0.29, 0.717) is 6.54 Å². The van der Waals surface area contributed by atoms with E-state index in [-0.39, 0.29) is 11.6 Å². The van der Waals surface area contributed by atoms with Crippen LogP contribution in [0.4, 0.5) is 4.79 Å². The zero-order valence-electron chi connectivity index (χ0n) is 12.5. The van der Waals surface area contributed by atoms with E-state index < -0.39 is 0 Å². The van der Waals surface area contributed by atoms with Crippen molar-refractivity contribution in [3.8, 4) is 5.75 Å². The molecule has 1 aromatic rings. The van der Waals surface area contributed by atoms with Crippen LogP contribution in [0.15, 0.2) is 18.2 Å². The van der Waals surface area contributed by atoms with Gasteiger partial charge in [-0.05, 0) is 44.4 Å². The average molecular weight is 264 g/mol. The predicted molar refractivity (Wildman–Crippen MR) is 77.5 cm³/mol. The SMILES string of the molecule is CCc1cc(CNC(=O)NC(C)(C)C)ccc1OC. The lowest BCUT2D eigenvalue weighted by Crippen LogP contribution is -2.46. The van der Waals surface area contributed by atoms with Crippen LogP contribution in [0.1, 0.15) is 38.8 Å². The van der Waals surface area contributed by atoms with Gasteiger partial charge in [0.25, 0.3) is 0 Å². The lowest BCUT2D eigenvalue weighted by Gasteiger charge is -2.20. The van der Waals surface area contributed by atoms with Gasteiger partial charge in [0.1, 0.15) is 5.75 Å². The molecule has 2 amide bonds. The lowest BCUT2D eigenvalue weighted by atomic mass is 10.1. The number of benzene rings is 1. The number of aryl methyl sites for hydroxylation is 1. The Morgan fingerprint density at radius 1 is 1.32 bits per heavy atom. The van der Waals surface area contributed by atoms with E-state index in [1.54, 1.807) is 7.11 Å². The van der Waals surface area contributed by atoms with Crippen molar-refractivity contribution in [2.45, 2.75) is 46.2 Å². The summed E-state index contributed by atoms with van der Waals surface area (Å²) in [5, 5.41) is 5.72. The first-order valence-electron chi connectivity index (χ1n) is 6.57. The average Bonchev–Trinajstić information content (AvgIpc) is 2.33. The third-order valence-electron chi connectivity index (χ3n) is 2.67. The van der Waals surface area contributed by atoms with Crippen molar-refractivity contribution >= 4 is 6.03 Å². The molecule has 1 rings (SSSR count). The summed E-state index contributed by atoms with van der Waals surface area (Å²) in [5.74, 6) is 0.894. The second-order valence-electron chi connectivity index (χ2n) is 5.56. The van der Waals surface area contributed by atoms with Gasteiger partial charge in [-0.3, -0.25) is 0 Å². The van der Waals surface area contributed by atoms with E-state index in [2.05, 4.69) is 23.6 Å². The zero-order valence-corrected chi connectivity index (χ0v) is 12.5. The highest BCUT2D eigenvalue weighted by Gasteiger charge is 2.13. The van der Waals surface area contributed by atoms with Crippen molar-refractivity contribution in [3.63, 3.8) is 0 Å². The molecule has 0 aromatic heterocycles. The minimum absolute atomic E-state index is 0.152. The number of ether oxygens (including phenoxy) is 1. The van der Waals surface area contributed by atoms with Gasteiger partial charge >= 0.3 is 6.03 Å². The summed E-state index contributed by atoms with van der Waals surface area (Å²) in [4.78, 5) is 11.7. The van der Waals surface area contributed by atoms with Crippen LogP contribution in [-0.4, -0.2) is 18.7 Å². The molecule has 0 radical (unpaired) electrons. The molecule has 0 heterocycles. The van der Waals surface area contributed by atoms with Crippen molar-refractivity contribution in [3.05, 3.63) is 29.3 Å². The molecule has 0 bridgehead atoms. The van der Waals surface area contributed by atoms with Crippen molar-refractivity contribution in [2.75, 3.05) is 7.11 Å². The van der Waals surface area contributed by atoms with Crippen LogP contribution in [0.3, 0.4) is 0 Å². The molecule has 0 aliphatic heterocycles. The van der Waals surface area contributed by atoms with Crippen LogP contribution in [0.2, 0.25) is 0 Å². The highest BCUT2D eigenvalue weighted by molar-refractivity contribution is 5.74. The summed E-state index contributed by atoms with van der Waals surface area (Å²) in [7, 11) is 1.67. The number of amides is 2. The Bertz CT molecular complexity index is 436. The third kappa shape index (κ3) is 5.20. The number of nitrogens with one attached hydrogen (secondary N) is 2. The first kappa shape index (κ1) is 15.3. The second kappa shape index (κ2) is 6.45. The van der Waals surface area contributed by atoms with Gasteiger partial charge in [0, 0.05) is 12.1 Å². The molecule has 0 aliphatic carbocycles. The predicted octanol–water partition coefficient (Wildman–Crippen LogP) is 2.86. The van der Waals surface area contributed by atoms with E-state index in [4.69, 9.17) is 4.74 Å². The fourth-order valence-corrected chi connectivity index (χ4v) is 1.79. The van der Waals surface area contributed by atoms with Crippen LogP contribution in [-0.2, 0) is 13.0 Å². The van der Waals surface area contributed by atoms with E-state index in [1.807, 2.05) is 32.9 Å². The quantitative estimate of drug-likeness (QED) is 0.878. The fraction of sp³-hybridized carbons (Fsp3) is 0.533. The number of carbonyl (C=O) groups is 1. The first-order chi connectivity index (χ1) is 8.85. The number of rotatable bonds is 4. The molecule has 0 fully saturated rings. The maximum absolute atomic E-state index is 11.7. The van der Waals surface area contributed by atoms with Gasteiger partial charge in [0.15, 0.2) is 0 Å². The van der Waals surface area contributed by atoms with Gasteiger partial charge < -0.3 is 15.4 Å². The number of urea groups is 1. The summed E-state index contributed by atoms with van der Waals surface area (Å²) in [5.41, 5.74) is 2.00. The summed E-state index contributed by atoms with van der Waals surface area (Å²) in [6, 6.07) is 5.82. The molecule has 0 spiro atoms. The van der Waals surface area contributed by atoms with Gasteiger partial charge in [-0.15, -0.1) is 0 Å². The molecule has 2 N–H and O–H groups in total. The Morgan fingerprint density at radius 3 is 2.53 bits per heavy atom. The van der Waals surface area contributed by atoms with Crippen LogP contribution < -0.4 is 15.4 Å². The van der Waals surface area contributed by atoms with E-state index in [1.165, 1.54) is 0 Å².